The van der Waals surface area contributed by atoms with Crippen LogP contribution in [0.1, 0.15) is 20.3 Å². The first kappa shape index (κ1) is 9.96. The number of hydrogen-bond donors (Lipinski definition) is 1. The van der Waals surface area contributed by atoms with Crippen LogP contribution in [0.4, 0.5) is 0 Å². The molecule has 0 aromatic heterocycles. The van der Waals surface area contributed by atoms with E-state index in [0.29, 0.717) is 0 Å². The molecule has 1 saturated heterocycles. The third-order valence-electron chi connectivity index (χ3n) is 2.49. The molecule has 1 N–H and O–H groups in total. The van der Waals surface area contributed by atoms with Crippen LogP contribution in [0.5, 0.6) is 0 Å². The van der Waals surface area contributed by atoms with Crippen LogP contribution in [0, 0.1) is 0 Å². The third-order valence-corrected chi connectivity index (χ3v) is 2.49. The second-order valence-corrected chi connectivity index (χ2v) is 4.14. The van der Waals surface area contributed by atoms with E-state index in [2.05, 4.69) is 16.8 Å². The van der Waals surface area contributed by atoms with Gasteiger partial charge in [-0.25, -0.2) is 0 Å². The fraction of sp³-hybridized carbons (Fsp3) is 1.00. The normalized spacial score (nSPS) is 24.0. The highest BCUT2D eigenvalue weighted by Gasteiger charge is 2.24. The number of aliphatic hydroxyl groups is 1. The summed E-state index contributed by atoms with van der Waals surface area (Å²) in [7, 11) is 2.13. The molecule has 0 aromatic rings. The molecular formula is C9H20N2O. The molecular weight excluding hydrogens is 152 g/mol. The molecule has 0 spiro atoms. The minimum Gasteiger partial charge on any atom is -0.376 e. The summed E-state index contributed by atoms with van der Waals surface area (Å²) in [6.07, 6.45) is 1.15. The molecule has 0 amide bonds. The van der Waals surface area contributed by atoms with E-state index in [1.165, 1.54) is 0 Å². The molecule has 3 nitrogen and oxygen atoms in total. The van der Waals surface area contributed by atoms with Crippen molar-refractivity contribution in [2.75, 3.05) is 33.2 Å². The van der Waals surface area contributed by atoms with Crippen molar-refractivity contribution in [1.29, 1.82) is 0 Å². The van der Waals surface area contributed by atoms with Gasteiger partial charge in [-0.2, -0.15) is 0 Å². The largest absolute Gasteiger partial charge is 0.376 e. The van der Waals surface area contributed by atoms with E-state index in [-0.39, 0.29) is 0 Å². The smallest absolute Gasteiger partial charge is 0.112 e. The fourth-order valence-electron chi connectivity index (χ4n) is 1.59. The van der Waals surface area contributed by atoms with Gasteiger partial charge < -0.3 is 10.0 Å². The number of nitrogens with zero attached hydrogens (tertiary/aromatic N) is 2. The van der Waals surface area contributed by atoms with E-state index in [9.17, 15) is 5.11 Å². The zero-order chi connectivity index (χ0) is 9.19. The van der Waals surface area contributed by atoms with Gasteiger partial charge in [0.05, 0.1) is 0 Å². The predicted molar refractivity (Wildman–Crippen MR) is 50.0 cm³/mol. The van der Waals surface area contributed by atoms with Gasteiger partial charge in [0.15, 0.2) is 0 Å². The van der Waals surface area contributed by atoms with E-state index in [4.69, 9.17) is 0 Å². The Labute approximate surface area is 75.0 Å². The quantitative estimate of drug-likeness (QED) is 0.618. The monoisotopic (exact) mass is 172 g/mol. The lowest BCUT2D eigenvalue weighted by Crippen LogP contribution is -2.45. The van der Waals surface area contributed by atoms with Crippen molar-refractivity contribution < 1.29 is 5.11 Å². The SMILES string of the molecule is CN1CCCN(C(C)(C)O)CC1. The summed E-state index contributed by atoms with van der Waals surface area (Å²) in [4.78, 5) is 4.45. The summed E-state index contributed by atoms with van der Waals surface area (Å²) < 4.78 is 0. The van der Waals surface area contributed by atoms with Gasteiger partial charge in [0.2, 0.25) is 0 Å². The van der Waals surface area contributed by atoms with Crippen molar-refractivity contribution in [2.45, 2.75) is 26.0 Å². The molecule has 1 aliphatic rings. The van der Waals surface area contributed by atoms with Gasteiger partial charge in [-0.05, 0) is 33.9 Å². The van der Waals surface area contributed by atoms with E-state index < -0.39 is 5.72 Å². The van der Waals surface area contributed by atoms with Crippen LogP contribution in [0.3, 0.4) is 0 Å². The first-order valence-corrected chi connectivity index (χ1v) is 4.66. The van der Waals surface area contributed by atoms with Gasteiger partial charge >= 0.3 is 0 Å². The van der Waals surface area contributed by atoms with Crippen LogP contribution < -0.4 is 0 Å². The second kappa shape index (κ2) is 3.73. The topological polar surface area (TPSA) is 26.7 Å². The van der Waals surface area contributed by atoms with E-state index in [0.717, 1.165) is 32.6 Å². The average molecular weight is 172 g/mol. The Morgan fingerprint density at radius 1 is 1.08 bits per heavy atom. The first-order valence-electron chi connectivity index (χ1n) is 4.66. The average Bonchev–Trinajstić information content (AvgIpc) is 2.11. The molecule has 0 saturated carbocycles. The van der Waals surface area contributed by atoms with Gasteiger partial charge in [0.25, 0.3) is 0 Å². The Bertz CT molecular complexity index is 142. The first-order chi connectivity index (χ1) is 5.50. The Morgan fingerprint density at radius 3 is 2.33 bits per heavy atom. The van der Waals surface area contributed by atoms with Crippen molar-refractivity contribution >= 4 is 0 Å². The second-order valence-electron chi connectivity index (χ2n) is 4.14. The molecule has 1 heterocycles. The number of hydrogen-bond acceptors (Lipinski definition) is 3. The Balaban J connectivity index is 2.46. The standard InChI is InChI=1S/C9H20N2O/c1-9(2,12)11-6-4-5-10(3)7-8-11/h12H,4-8H2,1-3H3. The van der Waals surface area contributed by atoms with E-state index >= 15 is 0 Å². The lowest BCUT2D eigenvalue weighted by Gasteiger charge is -2.32. The molecule has 0 bridgehead atoms. The minimum atomic E-state index is -0.648. The van der Waals surface area contributed by atoms with Gasteiger partial charge in [-0.3, -0.25) is 4.90 Å². The summed E-state index contributed by atoms with van der Waals surface area (Å²) in [6, 6.07) is 0. The molecule has 0 atom stereocenters. The fourth-order valence-corrected chi connectivity index (χ4v) is 1.59. The van der Waals surface area contributed by atoms with Gasteiger partial charge in [-0.1, -0.05) is 0 Å². The van der Waals surface area contributed by atoms with Crippen LogP contribution in [0.2, 0.25) is 0 Å². The van der Waals surface area contributed by atoms with Gasteiger partial charge in [-0.15, -0.1) is 0 Å². The van der Waals surface area contributed by atoms with Gasteiger partial charge in [0.1, 0.15) is 5.72 Å². The van der Waals surface area contributed by atoms with Crippen molar-refractivity contribution in [3.63, 3.8) is 0 Å². The van der Waals surface area contributed by atoms with Gasteiger partial charge in [0, 0.05) is 19.6 Å². The third kappa shape index (κ3) is 2.73. The maximum absolute atomic E-state index is 9.76. The van der Waals surface area contributed by atoms with Crippen LogP contribution in [-0.2, 0) is 0 Å². The lowest BCUT2D eigenvalue weighted by molar-refractivity contribution is -0.0755. The summed E-state index contributed by atoms with van der Waals surface area (Å²) in [5.41, 5.74) is -0.648. The van der Waals surface area contributed by atoms with Crippen molar-refractivity contribution in [2.24, 2.45) is 0 Å². The van der Waals surface area contributed by atoms with Crippen molar-refractivity contribution in [3.8, 4) is 0 Å². The summed E-state index contributed by atoms with van der Waals surface area (Å²) in [5.74, 6) is 0. The molecule has 12 heavy (non-hydrogen) atoms. The summed E-state index contributed by atoms with van der Waals surface area (Å²) in [6.45, 7) is 7.90. The van der Waals surface area contributed by atoms with Crippen LogP contribution in [-0.4, -0.2) is 53.9 Å². The predicted octanol–water partition coefficient (Wildman–Crippen LogP) is 0.352. The maximum atomic E-state index is 9.76. The summed E-state index contributed by atoms with van der Waals surface area (Å²) in [5, 5.41) is 9.76. The Kier molecular flexibility index (Phi) is 3.09. The lowest BCUT2D eigenvalue weighted by atomic mass is 10.2. The summed E-state index contributed by atoms with van der Waals surface area (Å²) >= 11 is 0. The molecule has 0 aliphatic carbocycles. The molecule has 0 unspecified atom stereocenters. The Hall–Kier alpha value is -0.120. The van der Waals surface area contributed by atoms with Crippen LogP contribution in [0.15, 0.2) is 0 Å². The minimum absolute atomic E-state index is 0.648. The highest BCUT2D eigenvalue weighted by atomic mass is 16.3. The molecule has 1 rings (SSSR count). The molecule has 1 aliphatic heterocycles. The number of rotatable bonds is 1. The molecule has 0 radical (unpaired) electrons. The number of likely N-dealkylation sites (N-methyl/N-ethyl adjacent to an activating group) is 1. The van der Waals surface area contributed by atoms with E-state index in [1.54, 1.807) is 0 Å². The molecule has 3 heteroatoms. The van der Waals surface area contributed by atoms with Crippen LogP contribution >= 0.6 is 0 Å². The van der Waals surface area contributed by atoms with Crippen LogP contribution in [0.25, 0.3) is 0 Å². The Morgan fingerprint density at radius 2 is 1.75 bits per heavy atom. The molecule has 1 fully saturated rings. The maximum Gasteiger partial charge on any atom is 0.112 e. The highest BCUT2D eigenvalue weighted by Crippen LogP contribution is 2.12. The molecule has 0 aromatic carbocycles. The zero-order valence-electron chi connectivity index (χ0n) is 8.38. The van der Waals surface area contributed by atoms with Crippen molar-refractivity contribution in [1.82, 2.24) is 9.80 Å². The highest BCUT2D eigenvalue weighted by molar-refractivity contribution is 4.74. The zero-order valence-corrected chi connectivity index (χ0v) is 8.38. The van der Waals surface area contributed by atoms with E-state index in [1.807, 2.05) is 13.8 Å². The molecule has 72 valence electrons. The van der Waals surface area contributed by atoms with Crippen molar-refractivity contribution in [3.05, 3.63) is 0 Å².